The zero-order chi connectivity index (χ0) is 18.4. The van der Waals surface area contributed by atoms with Gasteiger partial charge in [-0.3, -0.25) is 0 Å². The van der Waals surface area contributed by atoms with Crippen molar-refractivity contribution in [3.63, 3.8) is 0 Å². The summed E-state index contributed by atoms with van der Waals surface area (Å²) in [6.07, 6.45) is 1.02. The van der Waals surface area contributed by atoms with E-state index < -0.39 is 11.9 Å². The van der Waals surface area contributed by atoms with Gasteiger partial charge in [0.25, 0.3) is 0 Å². The Labute approximate surface area is 141 Å². The molecule has 3 N–H and O–H groups in total. The van der Waals surface area contributed by atoms with Gasteiger partial charge in [0, 0.05) is 31.4 Å². The Bertz CT molecular complexity index is 493. The SMILES string of the molecule is CCOCCCNCc1ccc(OC)cc1OC.O=C(O)C(=O)O. The highest BCUT2D eigenvalue weighted by Crippen LogP contribution is 2.24. The molecule has 0 unspecified atom stereocenters. The first-order valence-corrected chi connectivity index (χ1v) is 7.41. The standard InChI is InChI=1S/C14H23NO3.C2H2O4/c1-4-18-9-5-8-15-11-12-6-7-13(16-2)10-14(12)17-3;3-1(4)2(5)6/h6-7,10,15H,4-5,8-9,11H2,1-3H3;(H,3,4)(H,5,6). The van der Waals surface area contributed by atoms with Crippen molar-refractivity contribution in [1.29, 1.82) is 0 Å². The largest absolute Gasteiger partial charge is 0.497 e. The van der Waals surface area contributed by atoms with E-state index in [-0.39, 0.29) is 0 Å². The lowest BCUT2D eigenvalue weighted by molar-refractivity contribution is -0.159. The smallest absolute Gasteiger partial charge is 0.414 e. The van der Waals surface area contributed by atoms with Gasteiger partial charge in [0.1, 0.15) is 11.5 Å². The molecule has 0 spiro atoms. The van der Waals surface area contributed by atoms with Gasteiger partial charge in [-0.15, -0.1) is 0 Å². The van der Waals surface area contributed by atoms with Gasteiger partial charge < -0.3 is 29.7 Å². The first kappa shape index (κ1) is 21.7. The predicted octanol–water partition coefficient (Wildman–Crippen LogP) is 1.38. The molecule has 1 rings (SSSR count). The van der Waals surface area contributed by atoms with E-state index in [0.717, 1.165) is 49.8 Å². The maximum Gasteiger partial charge on any atom is 0.414 e. The average Bonchev–Trinajstić information content (AvgIpc) is 2.58. The zero-order valence-electron chi connectivity index (χ0n) is 14.2. The number of aliphatic carboxylic acids is 2. The van der Waals surface area contributed by atoms with E-state index in [1.165, 1.54) is 0 Å². The van der Waals surface area contributed by atoms with Gasteiger partial charge in [0.2, 0.25) is 0 Å². The van der Waals surface area contributed by atoms with Gasteiger partial charge in [0.15, 0.2) is 0 Å². The lowest BCUT2D eigenvalue weighted by Crippen LogP contribution is -2.16. The maximum atomic E-state index is 9.10. The summed E-state index contributed by atoms with van der Waals surface area (Å²) in [5.41, 5.74) is 1.13. The minimum atomic E-state index is -1.82. The Hall–Kier alpha value is -2.32. The molecule has 0 saturated heterocycles. The lowest BCUT2D eigenvalue weighted by Gasteiger charge is -2.11. The summed E-state index contributed by atoms with van der Waals surface area (Å²) in [6, 6.07) is 5.87. The molecule has 136 valence electrons. The van der Waals surface area contributed by atoms with Crippen molar-refractivity contribution in [3.8, 4) is 11.5 Å². The molecule has 0 aliphatic carbocycles. The molecule has 0 saturated carbocycles. The fraction of sp³-hybridized carbons (Fsp3) is 0.500. The van der Waals surface area contributed by atoms with E-state index in [9.17, 15) is 0 Å². The normalized spacial score (nSPS) is 9.62. The molecule has 1 aromatic rings. The van der Waals surface area contributed by atoms with Crippen molar-refractivity contribution in [2.45, 2.75) is 19.9 Å². The summed E-state index contributed by atoms with van der Waals surface area (Å²) >= 11 is 0. The van der Waals surface area contributed by atoms with Gasteiger partial charge in [-0.2, -0.15) is 0 Å². The summed E-state index contributed by atoms with van der Waals surface area (Å²) in [4.78, 5) is 18.2. The molecule has 0 aromatic heterocycles. The molecule has 0 amide bonds. The van der Waals surface area contributed by atoms with Crippen LogP contribution in [0.3, 0.4) is 0 Å². The third kappa shape index (κ3) is 9.65. The highest BCUT2D eigenvalue weighted by atomic mass is 16.5. The van der Waals surface area contributed by atoms with Crippen molar-refractivity contribution in [2.75, 3.05) is 34.0 Å². The van der Waals surface area contributed by atoms with Crippen LogP contribution >= 0.6 is 0 Å². The number of hydrogen-bond donors (Lipinski definition) is 3. The Morgan fingerprint density at radius 3 is 2.29 bits per heavy atom. The van der Waals surface area contributed by atoms with E-state index in [4.69, 9.17) is 34.0 Å². The third-order valence-electron chi connectivity index (χ3n) is 2.84. The number of methoxy groups -OCH3 is 2. The zero-order valence-corrected chi connectivity index (χ0v) is 14.2. The molecule has 8 nitrogen and oxygen atoms in total. The minimum Gasteiger partial charge on any atom is -0.497 e. The van der Waals surface area contributed by atoms with Crippen molar-refractivity contribution in [1.82, 2.24) is 5.32 Å². The van der Waals surface area contributed by atoms with Crippen molar-refractivity contribution in [2.24, 2.45) is 0 Å². The van der Waals surface area contributed by atoms with Crippen molar-refractivity contribution < 1.29 is 34.0 Å². The summed E-state index contributed by atoms with van der Waals surface area (Å²) in [5.74, 6) is -1.98. The minimum absolute atomic E-state index is 0.784. The quantitative estimate of drug-likeness (QED) is 0.455. The Morgan fingerprint density at radius 2 is 1.79 bits per heavy atom. The Morgan fingerprint density at radius 1 is 1.12 bits per heavy atom. The van der Waals surface area contributed by atoms with E-state index in [2.05, 4.69) is 5.32 Å². The molecule has 24 heavy (non-hydrogen) atoms. The third-order valence-corrected chi connectivity index (χ3v) is 2.84. The number of hydrogen-bond acceptors (Lipinski definition) is 6. The molecule has 1 aromatic carbocycles. The summed E-state index contributed by atoms with van der Waals surface area (Å²) in [5, 5.41) is 18.2. The Kier molecular flexibility index (Phi) is 11.9. The van der Waals surface area contributed by atoms with Crippen LogP contribution in [0.5, 0.6) is 11.5 Å². The number of carboxylic acids is 2. The van der Waals surface area contributed by atoms with Crippen LogP contribution in [-0.2, 0) is 20.9 Å². The number of carbonyl (C=O) groups is 2. The highest BCUT2D eigenvalue weighted by molar-refractivity contribution is 6.27. The van der Waals surface area contributed by atoms with Crippen LogP contribution in [0.2, 0.25) is 0 Å². The number of rotatable bonds is 9. The molecule has 0 heterocycles. The number of carboxylic acid groups (broad SMARTS) is 2. The summed E-state index contributed by atoms with van der Waals surface area (Å²) in [6.45, 7) is 5.33. The van der Waals surface area contributed by atoms with Gasteiger partial charge >= 0.3 is 11.9 Å². The number of ether oxygens (including phenoxy) is 3. The second-order valence-electron chi connectivity index (χ2n) is 4.52. The molecule has 0 fully saturated rings. The fourth-order valence-electron chi connectivity index (χ4n) is 1.66. The van der Waals surface area contributed by atoms with Crippen LogP contribution in [-0.4, -0.2) is 56.1 Å². The fourth-order valence-corrected chi connectivity index (χ4v) is 1.66. The highest BCUT2D eigenvalue weighted by Gasteiger charge is 2.04. The maximum absolute atomic E-state index is 9.10. The Balaban J connectivity index is 0.000000754. The van der Waals surface area contributed by atoms with E-state index in [1.54, 1.807) is 14.2 Å². The van der Waals surface area contributed by atoms with Crippen LogP contribution in [0.15, 0.2) is 18.2 Å². The monoisotopic (exact) mass is 343 g/mol. The molecular formula is C16H25NO7. The van der Waals surface area contributed by atoms with Gasteiger partial charge in [-0.05, 0) is 26.0 Å². The topological polar surface area (TPSA) is 114 Å². The number of benzene rings is 1. The van der Waals surface area contributed by atoms with Gasteiger partial charge in [-0.25, -0.2) is 9.59 Å². The first-order valence-electron chi connectivity index (χ1n) is 7.41. The summed E-state index contributed by atoms with van der Waals surface area (Å²) < 4.78 is 15.8. The van der Waals surface area contributed by atoms with E-state index >= 15 is 0 Å². The molecule has 0 radical (unpaired) electrons. The molecule has 0 aliphatic heterocycles. The van der Waals surface area contributed by atoms with Crippen molar-refractivity contribution >= 4 is 11.9 Å². The van der Waals surface area contributed by atoms with Crippen LogP contribution in [0.4, 0.5) is 0 Å². The number of nitrogens with one attached hydrogen (secondary N) is 1. The molecule has 8 heteroatoms. The van der Waals surface area contributed by atoms with Gasteiger partial charge in [0.05, 0.1) is 14.2 Å². The second-order valence-corrected chi connectivity index (χ2v) is 4.52. The summed E-state index contributed by atoms with van der Waals surface area (Å²) in [7, 11) is 3.33. The second kappa shape index (κ2) is 13.1. The van der Waals surface area contributed by atoms with Crippen LogP contribution in [0, 0.1) is 0 Å². The van der Waals surface area contributed by atoms with E-state index in [1.807, 2.05) is 25.1 Å². The van der Waals surface area contributed by atoms with Crippen molar-refractivity contribution in [3.05, 3.63) is 23.8 Å². The molecule has 0 atom stereocenters. The predicted molar refractivity (Wildman–Crippen MR) is 87.6 cm³/mol. The van der Waals surface area contributed by atoms with Crippen LogP contribution in [0.25, 0.3) is 0 Å². The van der Waals surface area contributed by atoms with Crippen LogP contribution < -0.4 is 14.8 Å². The van der Waals surface area contributed by atoms with E-state index in [0.29, 0.717) is 0 Å². The average molecular weight is 343 g/mol. The molecule has 0 bridgehead atoms. The first-order chi connectivity index (χ1) is 11.5. The van der Waals surface area contributed by atoms with Crippen LogP contribution in [0.1, 0.15) is 18.9 Å². The molecule has 0 aliphatic rings. The molecular weight excluding hydrogens is 318 g/mol. The lowest BCUT2D eigenvalue weighted by atomic mass is 10.2. The van der Waals surface area contributed by atoms with Gasteiger partial charge in [-0.1, -0.05) is 6.07 Å².